The Balaban J connectivity index is 1.85. The molecule has 0 aliphatic heterocycles. The standard InChI is InChI=1S/C28H36N2O2/c1-3-5-10-19-30(26(4-2)28(27(31)32)17-8-9-18-28)21-22-13-15-23(16-14-22)25-12-7-6-11-24(25)20-29/h6-7,11-16,26H,3-5,8-10,17-19,21H2,1-2H3,(H,31,32). The van der Waals surface area contributed by atoms with E-state index in [1.54, 1.807) is 0 Å². The van der Waals surface area contributed by atoms with Gasteiger partial charge in [-0.2, -0.15) is 5.26 Å². The lowest BCUT2D eigenvalue weighted by atomic mass is 9.76. The second-order valence-electron chi connectivity index (χ2n) is 9.12. The summed E-state index contributed by atoms with van der Waals surface area (Å²) in [5, 5.41) is 19.6. The molecular formula is C28H36N2O2. The minimum atomic E-state index is -0.620. The molecule has 2 aromatic carbocycles. The van der Waals surface area contributed by atoms with Gasteiger partial charge in [0.1, 0.15) is 0 Å². The molecule has 1 atom stereocenters. The number of rotatable bonds is 11. The summed E-state index contributed by atoms with van der Waals surface area (Å²) in [7, 11) is 0. The number of nitrogens with zero attached hydrogens (tertiary/aromatic N) is 2. The van der Waals surface area contributed by atoms with Crippen LogP contribution in [0, 0.1) is 16.7 Å². The maximum absolute atomic E-state index is 12.4. The zero-order valence-corrected chi connectivity index (χ0v) is 19.5. The minimum absolute atomic E-state index is 0.0540. The van der Waals surface area contributed by atoms with Crippen molar-refractivity contribution in [2.24, 2.45) is 5.41 Å². The largest absolute Gasteiger partial charge is 0.481 e. The van der Waals surface area contributed by atoms with Gasteiger partial charge in [-0.1, -0.05) is 82.0 Å². The number of carbonyl (C=O) groups is 1. The molecule has 4 heteroatoms. The Morgan fingerprint density at radius 1 is 1.09 bits per heavy atom. The summed E-state index contributed by atoms with van der Waals surface area (Å²) in [6, 6.07) is 18.4. The topological polar surface area (TPSA) is 64.3 Å². The van der Waals surface area contributed by atoms with E-state index >= 15 is 0 Å². The van der Waals surface area contributed by atoms with Gasteiger partial charge in [-0.3, -0.25) is 9.69 Å². The van der Waals surface area contributed by atoms with Gasteiger partial charge >= 0.3 is 5.97 Å². The molecule has 1 saturated carbocycles. The predicted octanol–water partition coefficient (Wildman–Crippen LogP) is 6.64. The fourth-order valence-corrected chi connectivity index (χ4v) is 5.46. The number of aliphatic carboxylic acids is 1. The van der Waals surface area contributed by atoms with E-state index in [1.807, 2.05) is 24.3 Å². The lowest BCUT2D eigenvalue weighted by Gasteiger charge is -2.41. The van der Waals surface area contributed by atoms with Gasteiger partial charge in [0.15, 0.2) is 0 Å². The lowest BCUT2D eigenvalue weighted by Crippen LogP contribution is -2.50. The quantitative estimate of drug-likeness (QED) is 0.404. The Labute approximate surface area is 192 Å². The van der Waals surface area contributed by atoms with Gasteiger partial charge in [0.05, 0.1) is 17.0 Å². The van der Waals surface area contributed by atoms with Crippen LogP contribution in [0.5, 0.6) is 0 Å². The molecule has 0 radical (unpaired) electrons. The molecule has 0 saturated heterocycles. The highest BCUT2D eigenvalue weighted by atomic mass is 16.4. The van der Waals surface area contributed by atoms with E-state index in [-0.39, 0.29) is 6.04 Å². The van der Waals surface area contributed by atoms with Crippen molar-refractivity contribution >= 4 is 5.97 Å². The van der Waals surface area contributed by atoms with Crippen LogP contribution in [-0.2, 0) is 11.3 Å². The van der Waals surface area contributed by atoms with Crippen LogP contribution in [0.4, 0.5) is 0 Å². The number of hydrogen-bond donors (Lipinski definition) is 1. The van der Waals surface area contributed by atoms with Crippen molar-refractivity contribution in [1.29, 1.82) is 5.26 Å². The van der Waals surface area contributed by atoms with Gasteiger partial charge < -0.3 is 5.11 Å². The van der Waals surface area contributed by atoms with Gasteiger partial charge in [-0.15, -0.1) is 0 Å². The predicted molar refractivity (Wildman–Crippen MR) is 129 cm³/mol. The first-order valence-electron chi connectivity index (χ1n) is 12.1. The summed E-state index contributed by atoms with van der Waals surface area (Å²) >= 11 is 0. The van der Waals surface area contributed by atoms with Gasteiger partial charge in [0.25, 0.3) is 0 Å². The Bertz CT molecular complexity index is 923. The molecule has 0 spiro atoms. The van der Waals surface area contributed by atoms with Crippen molar-refractivity contribution in [3.63, 3.8) is 0 Å². The number of unbranched alkanes of at least 4 members (excludes halogenated alkanes) is 2. The van der Waals surface area contributed by atoms with Gasteiger partial charge in [0.2, 0.25) is 0 Å². The maximum atomic E-state index is 12.4. The van der Waals surface area contributed by atoms with Crippen molar-refractivity contribution < 1.29 is 9.90 Å². The summed E-state index contributed by atoms with van der Waals surface area (Å²) in [4.78, 5) is 14.9. The van der Waals surface area contributed by atoms with Crippen LogP contribution < -0.4 is 0 Å². The Hall–Kier alpha value is -2.64. The number of benzene rings is 2. The maximum Gasteiger partial charge on any atom is 0.311 e. The Morgan fingerprint density at radius 2 is 1.78 bits per heavy atom. The SMILES string of the molecule is CCCCCN(Cc1ccc(-c2ccccc2C#N)cc1)C(CC)C1(C(=O)O)CCCC1. The molecule has 32 heavy (non-hydrogen) atoms. The average molecular weight is 433 g/mol. The van der Waals surface area contributed by atoms with E-state index in [0.29, 0.717) is 5.56 Å². The first-order chi connectivity index (χ1) is 15.6. The fraction of sp³-hybridized carbons (Fsp3) is 0.500. The van der Waals surface area contributed by atoms with Gasteiger partial charge in [-0.25, -0.2) is 0 Å². The van der Waals surface area contributed by atoms with Crippen LogP contribution in [0.2, 0.25) is 0 Å². The molecule has 3 rings (SSSR count). The third-order valence-electron chi connectivity index (χ3n) is 7.13. The minimum Gasteiger partial charge on any atom is -0.481 e. The van der Waals surface area contributed by atoms with E-state index in [4.69, 9.17) is 0 Å². The van der Waals surface area contributed by atoms with Crippen molar-refractivity contribution in [3.05, 3.63) is 59.7 Å². The first kappa shape index (κ1) is 24.0. The second kappa shape index (κ2) is 11.3. The van der Waals surface area contributed by atoms with Crippen LogP contribution in [0.25, 0.3) is 11.1 Å². The number of carboxylic acids is 1. The molecule has 0 amide bonds. The molecule has 1 N–H and O–H groups in total. The zero-order chi connectivity index (χ0) is 23.0. The van der Waals surface area contributed by atoms with Crippen LogP contribution >= 0.6 is 0 Å². The van der Waals surface area contributed by atoms with Crippen LogP contribution in [0.3, 0.4) is 0 Å². The smallest absolute Gasteiger partial charge is 0.311 e. The molecule has 170 valence electrons. The summed E-state index contributed by atoms with van der Waals surface area (Å²) in [5.74, 6) is -0.620. The Kier molecular flexibility index (Phi) is 8.47. The number of hydrogen-bond acceptors (Lipinski definition) is 3. The summed E-state index contributed by atoms with van der Waals surface area (Å²) in [6.07, 6.45) is 7.86. The molecule has 1 fully saturated rings. The highest BCUT2D eigenvalue weighted by Crippen LogP contribution is 2.45. The molecular weight excluding hydrogens is 396 g/mol. The summed E-state index contributed by atoms with van der Waals surface area (Å²) in [6.45, 7) is 6.04. The molecule has 1 unspecified atom stereocenters. The number of carboxylic acid groups (broad SMARTS) is 1. The summed E-state index contributed by atoms with van der Waals surface area (Å²) in [5.41, 5.74) is 3.23. The molecule has 4 nitrogen and oxygen atoms in total. The summed E-state index contributed by atoms with van der Waals surface area (Å²) < 4.78 is 0. The monoisotopic (exact) mass is 432 g/mol. The van der Waals surface area contributed by atoms with Crippen LogP contribution in [-0.4, -0.2) is 28.6 Å². The normalized spacial score (nSPS) is 16.1. The van der Waals surface area contributed by atoms with Gasteiger partial charge in [-0.05, 0) is 55.0 Å². The molecule has 2 aromatic rings. The molecule has 0 aromatic heterocycles. The van der Waals surface area contributed by atoms with Gasteiger partial charge in [0, 0.05) is 12.6 Å². The molecule has 0 heterocycles. The molecule has 1 aliphatic carbocycles. The van der Waals surface area contributed by atoms with E-state index in [2.05, 4.69) is 49.1 Å². The molecule has 1 aliphatic rings. The van der Waals surface area contributed by atoms with E-state index < -0.39 is 11.4 Å². The Morgan fingerprint density at radius 3 is 2.38 bits per heavy atom. The van der Waals surface area contributed by atoms with Crippen molar-refractivity contribution in [1.82, 2.24) is 4.90 Å². The van der Waals surface area contributed by atoms with Crippen molar-refractivity contribution in [2.45, 2.75) is 77.8 Å². The van der Waals surface area contributed by atoms with Crippen LogP contribution in [0.1, 0.15) is 76.3 Å². The fourth-order valence-electron chi connectivity index (χ4n) is 5.46. The third kappa shape index (κ3) is 5.22. The van der Waals surface area contributed by atoms with E-state index in [1.165, 1.54) is 5.56 Å². The van der Waals surface area contributed by atoms with Crippen molar-refractivity contribution in [2.75, 3.05) is 6.54 Å². The molecule has 0 bridgehead atoms. The first-order valence-corrected chi connectivity index (χ1v) is 12.1. The highest BCUT2D eigenvalue weighted by Gasteiger charge is 2.49. The zero-order valence-electron chi connectivity index (χ0n) is 19.5. The van der Waals surface area contributed by atoms with E-state index in [0.717, 1.165) is 75.6 Å². The highest BCUT2D eigenvalue weighted by molar-refractivity contribution is 5.76. The lowest BCUT2D eigenvalue weighted by molar-refractivity contribution is -0.154. The van der Waals surface area contributed by atoms with E-state index in [9.17, 15) is 15.2 Å². The van der Waals surface area contributed by atoms with Crippen LogP contribution in [0.15, 0.2) is 48.5 Å². The third-order valence-corrected chi connectivity index (χ3v) is 7.13. The number of nitriles is 1. The van der Waals surface area contributed by atoms with Crippen molar-refractivity contribution in [3.8, 4) is 17.2 Å². The second-order valence-corrected chi connectivity index (χ2v) is 9.12. The average Bonchev–Trinajstić information content (AvgIpc) is 3.31.